The lowest BCUT2D eigenvalue weighted by atomic mass is 9.68. The van der Waals surface area contributed by atoms with E-state index in [2.05, 4.69) is 64.5 Å². The Morgan fingerprint density at radius 2 is 1.82 bits per heavy atom. The number of esters is 1. The second kappa shape index (κ2) is 11.0. The maximum absolute atomic E-state index is 13.8. The van der Waals surface area contributed by atoms with Crippen LogP contribution in [0.15, 0.2) is 48.7 Å². The Morgan fingerprint density at radius 1 is 1.10 bits per heavy atom. The highest BCUT2D eigenvalue weighted by atomic mass is 16.5. The van der Waals surface area contributed by atoms with Crippen molar-refractivity contribution in [3.05, 3.63) is 59.8 Å². The molecular formula is C30H39N5O4. The summed E-state index contributed by atoms with van der Waals surface area (Å²) < 4.78 is 4.76. The highest BCUT2D eigenvalue weighted by Crippen LogP contribution is 2.49. The molecule has 3 fully saturated rings. The Bertz CT molecular complexity index is 1200. The molecule has 9 nitrogen and oxygen atoms in total. The number of aromatic nitrogens is 1. The summed E-state index contributed by atoms with van der Waals surface area (Å²) in [5.41, 5.74) is 1.27. The van der Waals surface area contributed by atoms with Crippen molar-refractivity contribution in [1.29, 1.82) is 0 Å². The predicted molar refractivity (Wildman–Crippen MR) is 148 cm³/mol. The molecule has 1 aromatic heterocycles. The molecule has 208 valence electrons. The zero-order chi connectivity index (χ0) is 27.6. The highest BCUT2D eigenvalue weighted by molar-refractivity contribution is 5.96. The van der Waals surface area contributed by atoms with Crippen molar-refractivity contribution in [2.75, 3.05) is 46.2 Å². The van der Waals surface area contributed by atoms with E-state index in [0.29, 0.717) is 18.0 Å². The van der Waals surface area contributed by atoms with Gasteiger partial charge in [0.05, 0.1) is 18.2 Å². The van der Waals surface area contributed by atoms with Gasteiger partial charge in [-0.3, -0.25) is 9.69 Å². The molecule has 0 atom stereocenters. The number of carbonyl (C=O) groups is 3. The van der Waals surface area contributed by atoms with Crippen LogP contribution >= 0.6 is 0 Å². The molecule has 0 bridgehead atoms. The van der Waals surface area contributed by atoms with Crippen molar-refractivity contribution >= 4 is 23.7 Å². The van der Waals surface area contributed by atoms with Crippen LogP contribution in [0.3, 0.4) is 0 Å². The minimum Gasteiger partial charge on any atom is -0.465 e. The average molecular weight is 534 g/mol. The van der Waals surface area contributed by atoms with Gasteiger partial charge in [0.2, 0.25) is 5.91 Å². The number of anilines is 1. The third kappa shape index (κ3) is 5.24. The molecule has 3 amide bonds. The Morgan fingerprint density at radius 3 is 2.44 bits per heavy atom. The normalized spacial score (nSPS) is 25.2. The fourth-order valence-corrected chi connectivity index (χ4v) is 6.61. The van der Waals surface area contributed by atoms with Crippen LogP contribution in [0.1, 0.15) is 60.9 Å². The van der Waals surface area contributed by atoms with E-state index in [4.69, 9.17) is 4.74 Å². The number of methoxy groups -OCH3 is 1. The summed E-state index contributed by atoms with van der Waals surface area (Å²) in [6.07, 6.45) is 8.66. The summed E-state index contributed by atoms with van der Waals surface area (Å²) in [5, 5.41) is 2.75. The summed E-state index contributed by atoms with van der Waals surface area (Å²) in [4.78, 5) is 48.9. The summed E-state index contributed by atoms with van der Waals surface area (Å²) in [5.74, 6) is -0.0366. The molecule has 2 aliphatic carbocycles. The molecule has 2 saturated carbocycles. The van der Waals surface area contributed by atoms with Gasteiger partial charge in [-0.05, 0) is 76.2 Å². The molecule has 1 spiro atoms. The van der Waals surface area contributed by atoms with Crippen LogP contribution in [0, 0.1) is 5.92 Å². The minimum atomic E-state index is -0.502. The van der Waals surface area contributed by atoms with E-state index in [9.17, 15) is 14.4 Å². The molecule has 1 saturated heterocycles. The van der Waals surface area contributed by atoms with Gasteiger partial charge in [-0.25, -0.2) is 14.6 Å². The van der Waals surface area contributed by atoms with Gasteiger partial charge < -0.3 is 19.9 Å². The monoisotopic (exact) mass is 533 g/mol. The Balaban J connectivity index is 1.32. The average Bonchev–Trinajstić information content (AvgIpc) is 3.16. The van der Waals surface area contributed by atoms with Gasteiger partial charge in [0, 0.05) is 24.8 Å². The van der Waals surface area contributed by atoms with Gasteiger partial charge in [-0.2, -0.15) is 0 Å². The lowest BCUT2D eigenvalue weighted by Gasteiger charge is -2.51. The van der Waals surface area contributed by atoms with Gasteiger partial charge in [-0.1, -0.05) is 36.8 Å². The van der Waals surface area contributed by atoms with Crippen LogP contribution in [0.4, 0.5) is 10.6 Å². The predicted octanol–water partition coefficient (Wildman–Crippen LogP) is 4.11. The van der Waals surface area contributed by atoms with Crippen molar-refractivity contribution in [2.24, 2.45) is 5.92 Å². The lowest BCUT2D eigenvalue weighted by Crippen LogP contribution is -2.56. The molecule has 1 aromatic carbocycles. The molecule has 9 heteroatoms. The molecule has 1 N–H and O–H groups in total. The number of nitrogens with one attached hydrogen (secondary N) is 1. The van der Waals surface area contributed by atoms with E-state index >= 15 is 0 Å². The maximum atomic E-state index is 13.8. The fourth-order valence-electron chi connectivity index (χ4n) is 6.61. The van der Waals surface area contributed by atoms with Crippen molar-refractivity contribution in [2.45, 2.75) is 56.0 Å². The van der Waals surface area contributed by atoms with E-state index in [1.165, 1.54) is 37.4 Å². The number of nitrogens with zero attached hydrogens (tertiary/aromatic N) is 4. The number of benzene rings is 1. The maximum Gasteiger partial charge on any atom is 0.338 e. The molecule has 39 heavy (non-hydrogen) atoms. The minimum absolute atomic E-state index is 0.0506. The van der Waals surface area contributed by atoms with Gasteiger partial charge in [0.1, 0.15) is 12.4 Å². The zero-order valence-corrected chi connectivity index (χ0v) is 23.2. The van der Waals surface area contributed by atoms with Crippen LogP contribution in [0.25, 0.3) is 0 Å². The number of rotatable bonds is 8. The zero-order valence-electron chi connectivity index (χ0n) is 23.2. The first-order valence-electron chi connectivity index (χ1n) is 13.9. The van der Waals surface area contributed by atoms with Gasteiger partial charge >= 0.3 is 12.0 Å². The molecule has 3 aliphatic rings. The van der Waals surface area contributed by atoms with Crippen molar-refractivity contribution in [3.63, 3.8) is 0 Å². The van der Waals surface area contributed by atoms with Crippen LogP contribution in [0.5, 0.6) is 0 Å². The fraction of sp³-hybridized carbons (Fsp3) is 0.533. The number of amides is 3. The topological polar surface area (TPSA) is 95.1 Å². The summed E-state index contributed by atoms with van der Waals surface area (Å²) in [7, 11) is 5.60. The summed E-state index contributed by atoms with van der Waals surface area (Å²) in [6.45, 7) is 1.25. The first kappa shape index (κ1) is 27.1. The number of carbonyl (C=O) groups excluding carboxylic acids is 3. The first-order valence-corrected chi connectivity index (χ1v) is 13.9. The molecule has 5 rings (SSSR count). The third-order valence-corrected chi connectivity index (χ3v) is 9.18. The second-order valence-corrected chi connectivity index (χ2v) is 11.5. The smallest absolute Gasteiger partial charge is 0.338 e. The Kier molecular flexibility index (Phi) is 7.62. The van der Waals surface area contributed by atoms with E-state index in [1.54, 1.807) is 4.90 Å². The van der Waals surface area contributed by atoms with Crippen LogP contribution in [-0.2, 0) is 15.1 Å². The first-order chi connectivity index (χ1) is 18.8. The SMILES string of the molecule is COC(=O)c1ccnc(NC(=O)CN2CC3(CCC(c4ccccc4)(N(C)C)CC3)N(CC3CCC3)C2=O)c1. The Hall–Kier alpha value is -3.46. The highest BCUT2D eigenvalue weighted by Gasteiger charge is 2.55. The summed E-state index contributed by atoms with van der Waals surface area (Å²) >= 11 is 0. The molecule has 1 aliphatic heterocycles. The van der Waals surface area contributed by atoms with Crippen molar-refractivity contribution in [1.82, 2.24) is 19.7 Å². The van der Waals surface area contributed by atoms with E-state index < -0.39 is 5.97 Å². The molecule has 2 aromatic rings. The molecule has 2 heterocycles. The van der Waals surface area contributed by atoms with E-state index in [0.717, 1.165) is 45.1 Å². The van der Waals surface area contributed by atoms with Crippen LogP contribution in [-0.4, -0.2) is 84.0 Å². The van der Waals surface area contributed by atoms with Crippen LogP contribution < -0.4 is 5.32 Å². The molecule has 0 radical (unpaired) electrons. The van der Waals surface area contributed by atoms with Crippen molar-refractivity contribution < 1.29 is 19.1 Å². The number of ether oxygens (including phenoxy) is 1. The van der Waals surface area contributed by atoms with Crippen LogP contribution in [0.2, 0.25) is 0 Å². The standard InChI is InChI=1S/C30H39N5O4/c1-33(2)30(24-10-5-4-6-11-24)15-13-29(14-16-30)21-34(28(38)35(29)19-22-8-7-9-22)20-26(36)32-25-18-23(12-17-31-25)27(37)39-3/h4-6,10-12,17-18,22H,7-9,13-16,19-21H2,1-3H3,(H,31,32,36). The van der Waals surface area contributed by atoms with Crippen molar-refractivity contribution in [3.8, 4) is 0 Å². The third-order valence-electron chi connectivity index (χ3n) is 9.18. The van der Waals surface area contributed by atoms with Gasteiger partial charge in [0.25, 0.3) is 0 Å². The quantitative estimate of drug-likeness (QED) is 0.513. The molecular weight excluding hydrogens is 494 g/mol. The lowest BCUT2D eigenvalue weighted by molar-refractivity contribution is -0.116. The van der Waals surface area contributed by atoms with Gasteiger partial charge in [0.15, 0.2) is 0 Å². The summed E-state index contributed by atoms with van der Waals surface area (Å²) in [6, 6.07) is 13.6. The number of pyridine rings is 1. The number of hydrogen-bond donors (Lipinski definition) is 1. The van der Waals surface area contributed by atoms with E-state index in [1.807, 2.05) is 0 Å². The van der Waals surface area contributed by atoms with E-state index in [-0.39, 0.29) is 35.4 Å². The van der Waals surface area contributed by atoms with Gasteiger partial charge in [-0.15, -0.1) is 0 Å². The number of hydrogen-bond acceptors (Lipinski definition) is 6. The second-order valence-electron chi connectivity index (χ2n) is 11.5. The molecule has 0 unspecified atom stereocenters. The Labute approximate surface area is 230 Å². The number of urea groups is 1. The largest absolute Gasteiger partial charge is 0.465 e.